The zero-order valence-corrected chi connectivity index (χ0v) is 17.3. The van der Waals surface area contributed by atoms with Gasteiger partial charge in [0.05, 0.1) is 11.9 Å². The first-order chi connectivity index (χ1) is 14.2. The maximum Gasteiger partial charge on any atom is 0.230 e. The Morgan fingerprint density at radius 3 is 2.69 bits per heavy atom. The summed E-state index contributed by atoms with van der Waals surface area (Å²) in [5.74, 6) is 0.931. The van der Waals surface area contributed by atoms with Crippen LogP contribution in [0.2, 0.25) is 5.02 Å². The van der Waals surface area contributed by atoms with Crippen molar-refractivity contribution in [2.45, 2.75) is 24.1 Å². The monoisotopic (exact) mass is 428 g/mol. The molecule has 1 aliphatic rings. The molecular formula is C21H21ClN4O2S. The maximum absolute atomic E-state index is 12.3. The summed E-state index contributed by atoms with van der Waals surface area (Å²) in [5.41, 5.74) is 1.84. The number of hydrogen-bond donors (Lipinski definition) is 1. The van der Waals surface area contributed by atoms with Gasteiger partial charge in [0.25, 0.3) is 0 Å². The van der Waals surface area contributed by atoms with E-state index < -0.39 is 0 Å². The summed E-state index contributed by atoms with van der Waals surface area (Å²) in [4.78, 5) is 12.3. The lowest BCUT2D eigenvalue weighted by molar-refractivity contribution is -0.119. The topological polar surface area (TPSA) is 69.0 Å². The van der Waals surface area contributed by atoms with Gasteiger partial charge in [-0.3, -0.25) is 9.36 Å². The van der Waals surface area contributed by atoms with Crippen molar-refractivity contribution in [3.8, 4) is 17.1 Å². The lowest BCUT2D eigenvalue weighted by Gasteiger charge is -2.12. The fourth-order valence-corrected chi connectivity index (χ4v) is 4.08. The van der Waals surface area contributed by atoms with Gasteiger partial charge in [-0.2, -0.15) is 0 Å². The van der Waals surface area contributed by atoms with E-state index in [1.54, 1.807) is 0 Å². The number of nitrogens with one attached hydrogen (secondary N) is 1. The Kier molecular flexibility index (Phi) is 6.49. The van der Waals surface area contributed by atoms with E-state index in [1.165, 1.54) is 11.8 Å². The van der Waals surface area contributed by atoms with E-state index in [0.29, 0.717) is 16.7 Å². The van der Waals surface area contributed by atoms with Crippen LogP contribution in [0.1, 0.15) is 12.8 Å². The van der Waals surface area contributed by atoms with Crippen LogP contribution in [-0.4, -0.2) is 45.7 Å². The number of carbonyl (C=O) groups excluding carboxylic acids is 1. The number of carbonyl (C=O) groups is 1. The Morgan fingerprint density at radius 1 is 1.17 bits per heavy atom. The molecule has 150 valence electrons. The smallest absolute Gasteiger partial charge is 0.230 e. The highest BCUT2D eigenvalue weighted by atomic mass is 35.5. The summed E-state index contributed by atoms with van der Waals surface area (Å²) in [6, 6.07) is 17.3. The lowest BCUT2D eigenvalue weighted by Crippen LogP contribution is -2.32. The predicted octanol–water partition coefficient (Wildman–Crippen LogP) is 3.98. The molecule has 8 heteroatoms. The van der Waals surface area contributed by atoms with Gasteiger partial charge < -0.3 is 10.1 Å². The van der Waals surface area contributed by atoms with Crippen LogP contribution in [0.3, 0.4) is 0 Å². The van der Waals surface area contributed by atoms with Gasteiger partial charge >= 0.3 is 0 Å². The van der Waals surface area contributed by atoms with Gasteiger partial charge in [-0.05, 0) is 37.1 Å². The number of halogens is 1. The minimum Gasteiger partial charge on any atom is -0.376 e. The van der Waals surface area contributed by atoms with Crippen molar-refractivity contribution in [3.63, 3.8) is 0 Å². The average molecular weight is 429 g/mol. The van der Waals surface area contributed by atoms with Crippen molar-refractivity contribution in [1.29, 1.82) is 0 Å². The summed E-state index contributed by atoms with van der Waals surface area (Å²) in [6.45, 7) is 1.33. The molecule has 0 radical (unpaired) electrons. The molecule has 1 saturated heterocycles. The Bertz CT molecular complexity index is 957. The summed E-state index contributed by atoms with van der Waals surface area (Å²) in [7, 11) is 0. The number of amides is 1. The molecule has 1 amide bonds. The van der Waals surface area contributed by atoms with Crippen molar-refractivity contribution in [1.82, 2.24) is 20.1 Å². The molecule has 0 saturated carbocycles. The highest BCUT2D eigenvalue weighted by molar-refractivity contribution is 7.99. The first-order valence-corrected chi connectivity index (χ1v) is 10.8. The minimum absolute atomic E-state index is 0.0441. The third kappa shape index (κ3) is 4.98. The van der Waals surface area contributed by atoms with Gasteiger partial charge in [-0.25, -0.2) is 0 Å². The fraction of sp³-hybridized carbons (Fsp3) is 0.286. The van der Waals surface area contributed by atoms with Crippen molar-refractivity contribution in [3.05, 3.63) is 59.6 Å². The highest BCUT2D eigenvalue weighted by Gasteiger charge is 2.19. The van der Waals surface area contributed by atoms with E-state index in [4.69, 9.17) is 16.3 Å². The minimum atomic E-state index is -0.0441. The van der Waals surface area contributed by atoms with Crippen LogP contribution < -0.4 is 5.32 Å². The molecule has 0 aliphatic carbocycles. The Morgan fingerprint density at radius 2 is 1.97 bits per heavy atom. The molecule has 6 nitrogen and oxygen atoms in total. The van der Waals surface area contributed by atoms with Crippen LogP contribution in [0.4, 0.5) is 0 Å². The maximum atomic E-state index is 12.3. The summed E-state index contributed by atoms with van der Waals surface area (Å²) in [5, 5.41) is 13.0. The van der Waals surface area contributed by atoms with E-state index in [9.17, 15) is 4.79 Å². The molecule has 2 heterocycles. The molecule has 4 rings (SSSR count). The SMILES string of the molecule is O=C(CSc1nnc(-c2ccccc2)n1-c1ccc(Cl)cc1)NC[C@@H]1CCCO1. The number of benzene rings is 2. The molecular weight excluding hydrogens is 408 g/mol. The van der Waals surface area contributed by atoms with Crippen molar-refractivity contribution >= 4 is 29.3 Å². The normalized spacial score (nSPS) is 16.1. The molecule has 0 spiro atoms. The zero-order valence-electron chi connectivity index (χ0n) is 15.8. The number of thioether (sulfide) groups is 1. The van der Waals surface area contributed by atoms with Gasteiger partial charge in [-0.15, -0.1) is 10.2 Å². The van der Waals surface area contributed by atoms with Gasteiger partial charge in [0.15, 0.2) is 11.0 Å². The standard InChI is InChI=1S/C21H21ClN4O2S/c22-16-8-10-17(11-9-16)26-20(15-5-2-1-3-6-15)24-25-21(26)29-14-19(27)23-13-18-7-4-12-28-18/h1-3,5-6,8-11,18H,4,7,12-14H2,(H,23,27)/t18-/m0/s1. The van der Waals surface area contributed by atoms with Gasteiger partial charge in [0.2, 0.25) is 5.91 Å². The van der Waals surface area contributed by atoms with E-state index in [2.05, 4.69) is 15.5 Å². The number of aromatic nitrogens is 3. The molecule has 1 aromatic heterocycles. The number of hydrogen-bond acceptors (Lipinski definition) is 5. The fourth-order valence-electron chi connectivity index (χ4n) is 3.17. The summed E-state index contributed by atoms with van der Waals surface area (Å²) >= 11 is 7.41. The second-order valence-electron chi connectivity index (χ2n) is 6.71. The molecule has 1 aliphatic heterocycles. The first-order valence-electron chi connectivity index (χ1n) is 9.48. The second kappa shape index (κ2) is 9.43. The number of nitrogens with zero attached hydrogens (tertiary/aromatic N) is 3. The van der Waals surface area contributed by atoms with Gasteiger partial charge in [-0.1, -0.05) is 53.7 Å². The molecule has 0 unspecified atom stereocenters. The van der Waals surface area contributed by atoms with Gasteiger partial charge in [0, 0.05) is 29.4 Å². The predicted molar refractivity (Wildman–Crippen MR) is 115 cm³/mol. The van der Waals surface area contributed by atoms with Crippen molar-refractivity contribution in [2.24, 2.45) is 0 Å². The van der Waals surface area contributed by atoms with Crippen molar-refractivity contribution < 1.29 is 9.53 Å². The average Bonchev–Trinajstić information content (AvgIpc) is 3.42. The third-order valence-corrected chi connectivity index (χ3v) is 5.81. The third-order valence-electron chi connectivity index (χ3n) is 4.63. The molecule has 29 heavy (non-hydrogen) atoms. The van der Waals surface area contributed by atoms with Crippen molar-refractivity contribution in [2.75, 3.05) is 18.9 Å². The highest BCUT2D eigenvalue weighted by Crippen LogP contribution is 2.28. The molecule has 0 bridgehead atoms. The van der Waals surface area contributed by atoms with Crippen LogP contribution in [-0.2, 0) is 9.53 Å². The van der Waals surface area contributed by atoms with Crippen LogP contribution >= 0.6 is 23.4 Å². The first kappa shape index (κ1) is 19.9. The van der Waals surface area contributed by atoms with Crippen LogP contribution in [0, 0.1) is 0 Å². The van der Waals surface area contributed by atoms with E-state index in [-0.39, 0.29) is 17.8 Å². The summed E-state index contributed by atoms with van der Waals surface area (Å²) in [6.07, 6.45) is 2.19. The molecule has 1 atom stereocenters. The Balaban J connectivity index is 1.52. The summed E-state index contributed by atoms with van der Waals surface area (Å²) < 4.78 is 7.49. The number of rotatable bonds is 7. The van der Waals surface area contributed by atoms with Crippen LogP contribution in [0.25, 0.3) is 17.1 Å². The molecule has 3 aromatic rings. The quantitative estimate of drug-likeness (QED) is 0.576. The molecule has 1 fully saturated rings. The van der Waals surface area contributed by atoms with Gasteiger partial charge in [0.1, 0.15) is 0 Å². The lowest BCUT2D eigenvalue weighted by atomic mass is 10.2. The largest absolute Gasteiger partial charge is 0.376 e. The second-order valence-corrected chi connectivity index (χ2v) is 8.09. The van der Waals surface area contributed by atoms with Crippen LogP contribution in [0.5, 0.6) is 0 Å². The molecule has 2 aromatic carbocycles. The Labute approximate surface area is 178 Å². The molecule has 1 N–H and O–H groups in total. The van der Waals surface area contributed by atoms with E-state index in [1.807, 2.05) is 59.2 Å². The number of ether oxygens (including phenoxy) is 1. The van der Waals surface area contributed by atoms with E-state index >= 15 is 0 Å². The zero-order chi connectivity index (χ0) is 20.1. The Hall–Kier alpha value is -2.35. The van der Waals surface area contributed by atoms with E-state index in [0.717, 1.165) is 36.5 Å². The van der Waals surface area contributed by atoms with Crippen LogP contribution in [0.15, 0.2) is 59.8 Å².